The Morgan fingerprint density at radius 1 is 0.977 bits per heavy atom. The molecule has 1 aliphatic carbocycles. The Morgan fingerprint density at radius 2 is 1.81 bits per heavy atom. The maximum Gasteiger partial charge on any atom is 0.276 e. The molecule has 7 rings (SSSR count). The second kappa shape index (κ2) is 11.3. The lowest BCUT2D eigenvalue weighted by atomic mass is 9.98. The van der Waals surface area contributed by atoms with Gasteiger partial charge in [0.15, 0.2) is 0 Å². The fourth-order valence-corrected chi connectivity index (χ4v) is 6.83. The fraction of sp³-hybridized carbons (Fsp3) is 0.394. The molecule has 1 saturated heterocycles. The third-order valence-electron chi connectivity index (χ3n) is 9.05. The van der Waals surface area contributed by atoms with E-state index in [0.717, 1.165) is 73.6 Å². The summed E-state index contributed by atoms with van der Waals surface area (Å²) in [5, 5.41) is 6.62. The molecule has 0 spiro atoms. The number of hydrogen-bond acceptors (Lipinski definition) is 7. The molecule has 6 heterocycles. The fourth-order valence-electron chi connectivity index (χ4n) is 6.83. The molecule has 3 aliphatic rings. The van der Waals surface area contributed by atoms with Crippen molar-refractivity contribution in [2.75, 3.05) is 47.8 Å². The van der Waals surface area contributed by atoms with Crippen LogP contribution in [0.5, 0.6) is 0 Å². The van der Waals surface area contributed by atoms with Crippen molar-refractivity contribution < 1.29 is 4.79 Å². The topological polar surface area (TPSA) is 100 Å². The van der Waals surface area contributed by atoms with Crippen LogP contribution in [0.4, 0.5) is 23.0 Å². The van der Waals surface area contributed by atoms with E-state index in [-0.39, 0.29) is 11.5 Å². The van der Waals surface area contributed by atoms with Crippen molar-refractivity contribution in [3.63, 3.8) is 0 Å². The third-order valence-corrected chi connectivity index (χ3v) is 9.05. The van der Waals surface area contributed by atoms with Crippen molar-refractivity contribution in [3.8, 4) is 11.1 Å². The molecule has 0 atom stereocenters. The van der Waals surface area contributed by atoms with Crippen molar-refractivity contribution in [2.45, 2.75) is 45.6 Å². The molecule has 10 nitrogen and oxygen atoms in total. The minimum absolute atomic E-state index is 0.0122. The number of pyridine rings is 3. The average molecular weight is 579 g/mol. The molecule has 0 unspecified atom stereocenters. The van der Waals surface area contributed by atoms with Crippen molar-refractivity contribution >= 4 is 28.9 Å². The highest BCUT2D eigenvalue weighted by Gasteiger charge is 2.32. The van der Waals surface area contributed by atoms with Crippen LogP contribution in [0.15, 0.2) is 53.7 Å². The first-order valence-electron chi connectivity index (χ1n) is 15.4. The Labute approximate surface area is 251 Å². The standard InChI is InChI=1S/C33H38N8O2/c1-3-25-26(10-11-35-31(25)41-17-16-40-28-7-5-4-6-22(28)19-29(40)33(41)43)23-18-27(32(42)38(2)21-23)37-30-9-8-24(20-36-30)39-14-12-34-13-15-39/h8-11,18-21,34H,3-7,12-17H2,1-2H3,(H,36,37). The lowest BCUT2D eigenvalue weighted by Crippen LogP contribution is -2.43. The van der Waals surface area contributed by atoms with Gasteiger partial charge in [-0.05, 0) is 73.6 Å². The van der Waals surface area contributed by atoms with E-state index >= 15 is 0 Å². The van der Waals surface area contributed by atoms with Gasteiger partial charge < -0.3 is 24.7 Å². The monoisotopic (exact) mass is 578 g/mol. The van der Waals surface area contributed by atoms with Gasteiger partial charge in [-0.25, -0.2) is 9.97 Å². The predicted molar refractivity (Wildman–Crippen MR) is 170 cm³/mol. The average Bonchev–Trinajstić information content (AvgIpc) is 3.43. The van der Waals surface area contributed by atoms with E-state index in [0.29, 0.717) is 30.3 Å². The molecule has 0 radical (unpaired) electrons. The van der Waals surface area contributed by atoms with Gasteiger partial charge in [-0.15, -0.1) is 0 Å². The molecule has 2 N–H and O–H groups in total. The summed E-state index contributed by atoms with van der Waals surface area (Å²) >= 11 is 0. The number of fused-ring (bicyclic) bond motifs is 3. The summed E-state index contributed by atoms with van der Waals surface area (Å²) in [4.78, 5) is 40.5. The van der Waals surface area contributed by atoms with Gasteiger partial charge in [0.05, 0.1) is 11.9 Å². The van der Waals surface area contributed by atoms with Gasteiger partial charge in [0.25, 0.3) is 11.5 Å². The van der Waals surface area contributed by atoms with Crippen LogP contribution in [-0.4, -0.2) is 57.7 Å². The van der Waals surface area contributed by atoms with Gasteiger partial charge >= 0.3 is 0 Å². The molecule has 4 aromatic rings. The van der Waals surface area contributed by atoms with E-state index in [2.05, 4.69) is 38.1 Å². The molecular formula is C33H38N8O2. The predicted octanol–water partition coefficient (Wildman–Crippen LogP) is 3.90. The first kappa shape index (κ1) is 27.4. The highest BCUT2D eigenvalue weighted by Crippen LogP contribution is 2.34. The summed E-state index contributed by atoms with van der Waals surface area (Å²) in [6.45, 7) is 7.27. The van der Waals surface area contributed by atoms with Crippen LogP contribution in [0.1, 0.15) is 47.1 Å². The van der Waals surface area contributed by atoms with Crippen molar-refractivity contribution in [3.05, 3.63) is 81.8 Å². The molecule has 1 fully saturated rings. The maximum atomic E-state index is 13.8. The van der Waals surface area contributed by atoms with Gasteiger partial charge in [-0.3, -0.25) is 14.5 Å². The van der Waals surface area contributed by atoms with Crippen molar-refractivity contribution in [1.82, 2.24) is 24.4 Å². The molecule has 0 aromatic carbocycles. The van der Waals surface area contributed by atoms with Crippen LogP contribution in [0.3, 0.4) is 0 Å². The first-order valence-corrected chi connectivity index (χ1v) is 15.4. The molecule has 0 bridgehead atoms. The van der Waals surface area contributed by atoms with Gasteiger partial charge in [0.1, 0.15) is 23.0 Å². The van der Waals surface area contributed by atoms with Gasteiger partial charge in [-0.1, -0.05) is 6.92 Å². The molecule has 222 valence electrons. The molecule has 4 aromatic heterocycles. The Bertz CT molecular complexity index is 1730. The Balaban J connectivity index is 1.19. The second-order valence-corrected chi connectivity index (χ2v) is 11.7. The largest absolute Gasteiger partial charge is 0.368 e. The van der Waals surface area contributed by atoms with Gasteiger partial charge in [0.2, 0.25) is 0 Å². The maximum absolute atomic E-state index is 13.8. The summed E-state index contributed by atoms with van der Waals surface area (Å²) in [7, 11) is 1.76. The number of hydrogen-bond donors (Lipinski definition) is 2. The first-order chi connectivity index (χ1) is 21.0. The number of aryl methyl sites for hydroxylation is 2. The molecular weight excluding hydrogens is 540 g/mol. The van der Waals surface area contributed by atoms with E-state index in [4.69, 9.17) is 4.98 Å². The molecule has 1 amide bonds. The lowest BCUT2D eigenvalue weighted by Gasteiger charge is -2.31. The van der Waals surface area contributed by atoms with E-state index in [1.54, 1.807) is 17.8 Å². The smallest absolute Gasteiger partial charge is 0.276 e. The minimum Gasteiger partial charge on any atom is -0.368 e. The summed E-state index contributed by atoms with van der Waals surface area (Å²) < 4.78 is 3.83. The van der Waals surface area contributed by atoms with E-state index in [1.807, 2.05) is 41.6 Å². The van der Waals surface area contributed by atoms with Crippen LogP contribution in [0.25, 0.3) is 11.1 Å². The highest BCUT2D eigenvalue weighted by molar-refractivity contribution is 6.06. The van der Waals surface area contributed by atoms with Crippen LogP contribution >= 0.6 is 0 Å². The van der Waals surface area contributed by atoms with E-state index in [1.165, 1.54) is 24.1 Å². The number of piperazine rings is 1. The normalized spacial score (nSPS) is 16.7. The van der Waals surface area contributed by atoms with E-state index < -0.39 is 0 Å². The number of amides is 1. The zero-order chi connectivity index (χ0) is 29.5. The zero-order valence-corrected chi connectivity index (χ0v) is 24.9. The van der Waals surface area contributed by atoms with Crippen LogP contribution in [0.2, 0.25) is 0 Å². The summed E-state index contributed by atoms with van der Waals surface area (Å²) in [6, 6.07) is 9.92. The second-order valence-electron chi connectivity index (χ2n) is 11.7. The summed E-state index contributed by atoms with van der Waals surface area (Å²) in [5.74, 6) is 1.32. The van der Waals surface area contributed by atoms with Crippen LogP contribution in [-0.2, 0) is 32.9 Å². The Hall–Kier alpha value is -4.44. The molecule has 2 aliphatic heterocycles. The number of carbonyl (C=O) groups is 1. The number of nitrogens with zero attached hydrogens (tertiary/aromatic N) is 6. The molecule has 10 heteroatoms. The minimum atomic E-state index is -0.139. The van der Waals surface area contributed by atoms with Gasteiger partial charge in [0, 0.05) is 75.5 Å². The number of rotatable bonds is 6. The SMILES string of the molecule is CCc1c(-c2cc(Nc3ccc(N4CCNCC4)cn3)c(=O)n(C)c2)ccnc1N1CCn2c(cc3c2CCCC3)C1=O. The summed E-state index contributed by atoms with van der Waals surface area (Å²) in [5.41, 5.74) is 7.65. The number of carbonyl (C=O) groups excluding carboxylic acids is 1. The highest BCUT2D eigenvalue weighted by atomic mass is 16.2. The van der Waals surface area contributed by atoms with Crippen LogP contribution < -0.4 is 26.0 Å². The van der Waals surface area contributed by atoms with Crippen molar-refractivity contribution in [1.29, 1.82) is 0 Å². The molecule has 43 heavy (non-hydrogen) atoms. The zero-order valence-electron chi connectivity index (χ0n) is 24.9. The Morgan fingerprint density at radius 3 is 2.60 bits per heavy atom. The van der Waals surface area contributed by atoms with Crippen molar-refractivity contribution in [2.24, 2.45) is 7.05 Å². The molecule has 0 saturated carbocycles. The van der Waals surface area contributed by atoms with Gasteiger partial charge in [-0.2, -0.15) is 0 Å². The number of anilines is 4. The van der Waals surface area contributed by atoms with Crippen LogP contribution in [0, 0.1) is 0 Å². The lowest BCUT2D eigenvalue weighted by molar-refractivity contribution is 0.0963. The quantitative estimate of drug-likeness (QED) is 0.358. The Kier molecular flexibility index (Phi) is 7.22. The third kappa shape index (κ3) is 4.99. The number of nitrogens with one attached hydrogen (secondary N) is 2. The summed E-state index contributed by atoms with van der Waals surface area (Å²) in [6.07, 6.45) is 10.6. The number of aromatic nitrogens is 4. The van der Waals surface area contributed by atoms with E-state index in [9.17, 15) is 9.59 Å².